The van der Waals surface area contributed by atoms with Crippen molar-refractivity contribution in [1.82, 2.24) is 5.32 Å². The molecule has 0 saturated heterocycles. The lowest BCUT2D eigenvalue weighted by Gasteiger charge is -2.27. The summed E-state index contributed by atoms with van der Waals surface area (Å²) in [5, 5.41) is 13.6. The fourth-order valence-electron chi connectivity index (χ4n) is 4.13. The van der Waals surface area contributed by atoms with Crippen molar-refractivity contribution in [3.05, 3.63) is 29.3 Å². The molecule has 0 aliphatic heterocycles. The first-order valence-electron chi connectivity index (χ1n) is 8.28. The molecule has 20 heavy (non-hydrogen) atoms. The number of hydrogen-bond acceptors (Lipinski definition) is 2. The minimum atomic E-state index is 0.457. The molecule has 0 heterocycles. The van der Waals surface area contributed by atoms with Gasteiger partial charge in [-0.3, -0.25) is 0 Å². The van der Waals surface area contributed by atoms with Crippen molar-refractivity contribution in [1.29, 1.82) is 0 Å². The molecule has 110 valence electrons. The van der Waals surface area contributed by atoms with E-state index in [1.807, 2.05) is 12.1 Å². The molecule has 0 radical (unpaired) electrons. The summed E-state index contributed by atoms with van der Waals surface area (Å²) in [6, 6.07) is 6.41. The Hall–Kier alpha value is -1.02. The predicted molar refractivity (Wildman–Crippen MR) is 82.9 cm³/mol. The van der Waals surface area contributed by atoms with Crippen LogP contribution in [0.4, 0.5) is 0 Å². The molecular weight excluding hydrogens is 246 g/mol. The minimum absolute atomic E-state index is 0.457. The number of hydrogen-bond donors (Lipinski definition) is 2. The second kappa shape index (κ2) is 6.17. The zero-order chi connectivity index (χ0) is 13.9. The lowest BCUT2D eigenvalue weighted by Crippen LogP contribution is -2.24. The number of phenolic OH excluding ortho intramolecular Hbond substituents is 1. The number of aromatic hydroxyl groups is 1. The van der Waals surface area contributed by atoms with E-state index in [-0.39, 0.29) is 0 Å². The van der Waals surface area contributed by atoms with Gasteiger partial charge in [0.05, 0.1) is 0 Å². The largest absolute Gasteiger partial charge is 0.508 e. The van der Waals surface area contributed by atoms with Crippen LogP contribution in [0.25, 0.3) is 0 Å². The van der Waals surface area contributed by atoms with Crippen LogP contribution < -0.4 is 5.32 Å². The summed E-state index contributed by atoms with van der Waals surface area (Å²) in [6.07, 6.45) is 9.16. The van der Waals surface area contributed by atoms with Crippen LogP contribution in [0, 0.1) is 11.8 Å². The van der Waals surface area contributed by atoms with E-state index in [9.17, 15) is 5.11 Å². The highest BCUT2D eigenvalue weighted by molar-refractivity contribution is 5.44. The molecule has 0 bridgehead atoms. The standard InChI is InChI=1S/C18H27NO/c1-13-4-2-5-14(12-13)10-11-19-17-9-8-16-15(17)6-3-7-18(16)20/h3,6-7,13-14,17,19-20H,2,4-5,8-12H2,1H3. The van der Waals surface area contributed by atoms with Gasteiger partial charge in [0.25, 0.3) is 0 Å². The van der Waals surface area contributed by atoms with E-state index in [1.54, 1.807) is 0 Å². The van der Waals surface area contributed by atoms with Gasteiger partial charge in [0.15, 0.2) is 0 Å². The van der Waals surface area contributed by atoms with Gasteiger partial charge in [0.1, 0.15) is 5.75 Å². The molecule has 3 atom stereocenters. The zero-order valence-electron chi connectivity index (χ0n) is 12.6. The number of fused-ring (bicyclic) bond motifs is 1. The summed E-state index contributed by atoms with van der Waals surface area (Å²) < 4.78 is 0. The van der Waals surface area contributed by atoms with Gasteiger partial charge in [0, 0.05) is 6.04 Å². The molecule has 1 saturated carbocycles. The van der Waals surface area contributed by atoms with E-state index in [0.29, 0.717) is 11.8 Å². The summed E-state index contributed by atoms with van der Waals surface area (Å²) in [6.45, 7) is 3.52. The Morgan fingerprint density at radius 3 is 3.00 bits per heavy atom. The first-order chi connectivity index (χ1) is 9.74. The van der Waals surface area contributed by atoms with Gasteiger partial charge in [-0.25, -0.2) is 0 Å². The van der Waals surface area contributed by atoms with Gasteiger partial charge < -0.3 is 10.4 Å². The van der Waals surface area contributed by atoms with Crippen molar-refractivity contribution < 1.29 is 5.11 Å². The summed E-state index contributed by atoms with van der Waals surface area (Å²) in [7, 11) is 0. The normalized spacial score (nSPS) is 29.4. The molecule has 0 amide bonds. The zero-order valence-corrected chi connectivity index (χ0v) is 12.6. The maximum atomic E-state index is 9.88. The smallest absolute Gasteiger partial charge is 0.119 e. The molecular formula is C18H27NO. The van der Waals surface area contributed by atoms with Crippen LogP contribution in [0.3, 0.4) is 0 Å². The Balaban J connectivity index is 1.50. The van der Waals surface area contributed by atoms with E-state index in [1.165, 1.54) is 37.7 Å². The van der Waals surface area contributed by atoms with Gasteiger partial charge in [-0.05, 0) is 61.3 Å². The minimum Gasteiger partial charge on any atom is -0.508 e. The van der Waals surface area contributed by atoms with Crippen LogP contribution in [0.2, 0.25) is 0 Å². The summed E-state index contributed by atoms with van der Waals surface area (Å²) in [5.74, 6) is 2.34. The van der Waals surface area contributed by atoms with Crippen LogP contribution in [0.15, 0.2) is 18.2 Å². The highest BCUT2D eigenvalue weighted by Gasteiger charge is 2.24. The van der Waals surface area contributed by atoms with Crippen molar-refractivity contribution in [3.63, 3.8) is 0 Å². The molecule has 2 heteroatoms. The average molecular weight is 273 g/mol. The molecule has 2 nitrogen and oxygen atoms in total. The van der Waals surface area contributed by atoms with Gasteiger partial charge in [-0.15, -0.1) is 0 Å². The summed E-state index contributed by atoms with van der Waals surface area (Å²) in [4.78, 5) is 0. The van der Waals surface area contributed by atoms with Crippen LogP contribution in [0.5, 0.6) is 5.75 Å². The summed E-state index contributed by atoms with van der Waals surface area (Å²) in [5.41, 5.74) is 2.48. The number of rotatable bonds is 4. The quantitative estimate of drug-likeness (QED) is 0.862. The van der Waals surface area contributed by atoms with Crippen LogP contribution in [-0.2, 0) is 6.42 Å². The van der Waals surface area contributed by atoms with Crippen molar-refractivity contribution in [2.75, 3.05) is 6.54 Å². The molecule has 0 aromatic heterocycles. The van der Waals surface area contributed by atoms with Gasteiger partial charge >= 0.3 is 0 Å². The molecule has 2 aliphatic carbocycles. The third-order valence-corrected chi connectivity index (χ3v) is 5.23. The SMILES string of the molecule is CC1CCCC(CCNC2CCc3c(O)cccc32)C1. The topological polar surface area (TPSA) is 32.3 Å². The maximum Gasteiger partial charge on any atom is 0.119 e. The summed E-state index contributed by atoms with van der Waals surface area (Å²) >= 11 is 0. The fraction of sp³-hybridized carbons (Fsp3) is 0.667. The van der Waals surface area contributed by atoms with Gasteiger partial charge in [-0.2, -0.15) is 0 Å². The first-order valence-corrected chi connectivity index (χ1v) is 8.28. The van der Waals surface area contributed by atoms with Crippen LogP contribution in [0.1, 0.15) is 62.6 Å². The molecule has 1 fully saturated rings. The van der Waals surface area contributed by atoms with E-state index < -0.39 is 0 Å². The third-order valence-electron chi connectivity index (χ3n) is 5.23. The lowest BCUT2D eigenvalue weighted by atomic mass is 9.81. The second-order valence-electron chi connectivity index (χ2n) is 6.82. The Morgan fingerprint density at radius 1 is 1.25 bits per heavy atom. The molecule has 2 N–H and O–H groups in total. The Labute approximate surface area is 122 Å². The Bertz CT molecular complexity index is 457. The van der Waals surface area contributed by atoms with Crippen LogP contribution >= 0.6 is 0 Å². The highest BCUT2D eigenvalue weighted by atomic mass is 16.3. The van der Waals surface area contributed by atoms with E-state index in [4.69, 9.17) is 0 Å². The van der Waals surface area contributed by atoms with Crippen molar-refractivity contribution in [3.8, 4) is 5.75 Å². The van der Waals surface area contributed by atoms with E-state index >= 15 is 0 Å². The maximum absolute atomic E-state index is 9.88. The highest BCUT2D eigenvalue weighted by Crippen LogP contribution is 2.36. The second-order valence-corrected chi connectivity index (χ2v) is 6.82. The first kappa shape index (κ1) is 13.9. The average Bonchev–Trinajstić information content (AvgIpc) is 2.84. The number of phenols is 1. The molecule has 0 spiro atoms. The lowest BCUT2D eigenvalue weighted by molar-refractivity contribution is 0.265. The predicted octanol–water partition coefficient (Wildman–Crippen LogP) is 4.19. The molecule has 1 aromatic rings. The van der Waals surface area contributed by atoms with Crippen LogP contribution in [-0.4, -0.2) is 11.7 Å². The number of benzene rings is 1. The number of nitrogens with one attached hydrogen (secondary N) is 1. The molecule has 3 unspecified atom stereocenters. The van der Waals surface area contributed by atoms with Gasteiger partial charge in [-0.1, -0.05) is 38.3 Å². The van der Waals surface area contributed by atoms with E-state index in [0.717, 1.165) is 36.8 Å². The van der Waals surface area contributed by atoms with Crippen molar-refractivity contribution in [2.24, 2.45) is 11.8 Å². The molecule has 3 rings (SSSR count). The fourth-order valence-corrected chi connectivity index (χ4v) is 4.13. The van der Waals surface area contributed by atoms with Crippen molar-refractivity contribution in [2.45, 2.75) is 57.9 Å². The Morgan fingerprint density at radius 2 is 2.15 bits per heavy atom. The monoisotopic (exact) mass is 273 g/mol. The van der Waals surface area contributed by atoms with Gasteiger partial charge in [0.2, 0.25) is 0 Å². The Kier molecular flexibility index (Phi) is 4.30. The molecule has 2 aliphatic rings. The van der Waals surface area contributed by atoms with E-state index in [2.05, 4.69) is 18.3 Å². The third kappa shape index (κ3) is 3.01. The van der Waals surface area contributed by atoms with Crippen molar-refractivity contribution >= 4 is 0 Å². The molecule has 1 aromatic carbocycles.